The maximum absolute atomic E-state index is 11.9. The Balaban J connectivity index is 2.41. The Morgan fingerprint density at radius 3 is 2.74 bits per heavy atom. The van der Waals surface area contributed by atoms with Crippen LogP contribution in [0.1, 0.15) is 10.4 Å². The van der Waals surface area contributed by atoms with Crippen molar-refractivity contribution in [3.8, 4) is 0 Å². The molecule has 2 rings (SSSR count). The lowest BCUT2D eigenvalue weighted by Crippen LogP contribution is -2.13. The number of sulfonamides is 1. The van der Waals surface area contributed by atoms with Crippen molar-refractivity contribution in [2.45, 2.75) is 4.90 Å². The Morgan fingerprint density at radius 1 is 1.42 bits per heavy atom. The van der Waals surface area contributed by atoms with E-state index in [1.54, 1.807) is 0 Å². The van der Waals surface area contributed by atoms with Gasteiger partial charge in [0.1, 0.15) is 0 Å². The van der Waals surface area contributed by atoms with Crippen molar-refractivity contribution in [3.63, 3.8) is 0 Å². The molecule has 0 unspecified atom stereocenters. The normalized spacial score (nSPS) is 11.2. The largest absolute Gasteiger partial charge is 0.478 e. The summed E-state index contributed by atoms with van der Waals surface area (Å²) in [5.74, 6) is -1.32. The lowest BCUT2D eigenvalue weighted by Gasteiger charge is -2.06. The van der Waals surface area contributed by atoms with E-state index >= 15 is 0 Å². The van der Waals surface area contributed by atoms with E-state index in [2.05, 4.69) is 19.5 Å². The van der Waals surface area contributed by atoms with Gasteiger partial charge >= 0.3 is 5.97 Å². The number of carboxylic acids is 1. The Hall–Kier alpha value is -1.78. The molecule has 0 amide bonds. The van der Waals surface area contributed by atoms with Crippen LogP contribution in [0.15, 0.2) is 23.1 Å². The highest BCUT2D eigenvalue weighted by atomic mass is 35.5. The number of anilines is 1. The molecule has 8 nitrogen and oxygen atoms in total. The maximum Gasteiger partial charge on any atom is 0.337 e. The number of carbonyl (C=O) groups is 1. The van der Waals surface area contributed by atoms with Gasteiger partial charge in [0.15, 0.2) is 0 Å². The summed E-state index contributed by atoms with van der Waals surface area (Å²) in [6, 6.07) is 3.34. The molecule has 0 spiro atoms. The fourth-order valence-corrected chi connectivity index (χ4v) is 2.99. The highest BCUT2D eigenvalue weighted by Crippen LogP contribution is 2.22. The lowest BCUT2D eigenvalue weighted by molar-refractivity contribution is 0.0697. The summed E-state index contributed by atoms with van der Waals surface area (Å²) in [7, 11) is -3.96. The number of rotatable bonds is 4. The molecule has 11 heteroatoms. The molecule has 0 bridgehead atoms. The van der Waals surface area contributed by atoms with Crippen LogP contribution in [0.25, 0.3) is 0 Å². The summed E-state index contributed by atoms with van der Waals surface area (Å²) in [6.45, 7) is 0. The summed E-state index contributed by atoms with van der Waals surface area (Å²) in [6.07, 6.45) is 0. The van der Waals surface area contributed by atoms with Crippen molar-refractivity contribution < 1.29 is 18.3 Å². The van der Waals surface area contributed by atoms with Gasteiger partial charge in [0.2, 0.25) is 5.13 Å². The molecular weight excluding hydrogens is 316 g/mol. The number of benzene rings is 1. The first-order valence-corrected chi connectivity index (χ1v) is 7.24. The minimum absolute atomic E-state index is 0.0215. The van der Waals surface area contributed by atoms with Crippen LogP contribution in [0.5, 0.6) is 0 Å². The third kappa shape index (κ3) is 2.97. The van der Waals surface area contributed by atoms with Gasteiger partial charge in [0.25, 0.3) is 10.0 Å². The molecule has 100 valence electrons. The molecule has 1 aromatic heterocycles. The second-order valence-corrected chi connectivity index (χ2v) is 6.04. The Labute approximate surface area is 116 Å². The molecule has 0 radical (unpaired) electrons. The fourth-order valence-electron chi connectivity index (χ4n) is 1.18. The number of carboxylic acid groups (broad SMARTS) is 1. The molecule has 0 atom stereocenters. The van der Waals surface area contributed by atoms with E-state index in [1.807, 2.05) is 0 Å². The van der Waals surface area contributed by atoms with Crippen molar-refractivity contribution >= 4 is 44.3 Å². The van der Waals surface area contributed by atoms with Gasteiger partial charge in [0.05, 0.1) is 15.5 Å². The fraction of sp³-hybridized carbons (Fsp3) is 0. The van der Waals surface area contributed by atoms with Crippen molar-refractivity contribution in [1.82, 2.24) is 14.8 Å². The molecule has 0 aliphatic carbocycles. The van der Waals surface area contributed by atoms with Crippen LogP contribution in [0.3, 0.4) is 0 Å². The molecular formula is C8H5ClN4O4S2. The summed E-state index contributed by atoms with van der Waals surface area (Å²) < 4.78 is 29.4. The van der Waals surface area contributed by atoms with E-state index in [4.69, 9.17) is 16.7 Å². The maximum atomic E-state index is 11.9. The second kappa shape index (κ2) is 5.07. The number of nitrogens with one attached hydrogen (secondary N) is 1. The van der Waals surface area contributed by atoms with Gasteiger partial charge in [-0.05, 0) is 23.4 Å². The van der Waals surface area contributed by atoms with Crippen LogP contribution in [0.2, 0.25) is 5.02 Å². The molecule has 0 saturated carbocycles. The van der Waals surface area contributed by atoms with Gasteiger partial charge in [-0.3, -0.25) is 4.72 Å². The summed E-state index contributed by atoms with van der Waals surface area (Å²) in [4.78, 5) is 10.6. The topological polar surface area (TPSA) is 122 Å². The molecule has 1 heterocycles. The summed E-state index contributed by atoms with van der Waals surface area (Å²) in [5.41, 5.74) is -0.306. The third-order valence-corrected chi connectivity index (χ3v) is 4.31. The number of nitrogens with zero attached hydrogens (tertiary/aromatic N) is 3. The van der Waals surface area contributed by atoms with E-state index in [0.29, 0.717) is 0 Å². The first kappa shape index (κ1) is 13.6. The molecule has 19 heavy (non-hydrogen) atoms. The van der Waals surface area contributed by atoms with Crippen LogP contribution in [-0.4, -0.2) is 34.3 Å². The molecule has 0 aliphatic rings. The zero-order valence-electron chi connectivity index (χ0n) is 8.94. The highest BCUT2D eigenvalue weighted by Gasteiger charge is 2.19. The highest BCUT2D eigenvalue weighted by molar-refractivity contribution is 7.93. The van der Waals surface area contributed by atoms with Crippen LogP contribution < -0.4 is 4.72 Å². The predicted octanol–water partition coefficient (Wildman–Crippen LogP) is 1.09. The van der Waals surface area contributed by atoms with Gasteiger partial charge < -0.3 is 5.11 Å². The number of aromatic carboxylic acids is 1. The number of halogens is 1. The van der Waals surface area contributed by atoms with Gasteiger partial charge in [-0.2, -0.15) is 0 Å². The molecule has 2 aromatic rings. The van der Waals surface area contributed by atoms with Crippen molar-refractivity contribution in [3.05, 3.63) is 28.8 Å². The zero-order valence-corrected chi connectivity index (χ0v) is 11.3. The second-order valence-electron chi connectivity index (χ2n) is 3.22. The average molecular weight is 321 g/mol. The monoisotopic (exact) mass is 320 g/mol. The van der Waals surface area contributed by atoms with Gasteiger partial charge in [0, 0.05) is 11.5 Å². The van der Waals surface area contributed by atoms with Gasteiger partial charge in [-0.1, -0.05) is 21.2 Å². The Bertz CT molecular complexity index is 716. The molecule has 1 aromatic carbocycles. The zero-order chi connectivity index (χ0) is 14.0. The van der Waals surface area contributed by atoms with Gasteiger partial charge in [-0.25, -0.2) is 13.2 Å². The lowest BCUT2D eigenvalue weighted by atomic mass is 10.2. The molecule has 0 aliphatic heterocycles. The summed E-state index contributed by atoms with van der Waals surface area (Å²) in [5, 5.41) is 15.5. The first-order chi connectivity index (χ1) is 8.90. The van der Waals surface area contributed by atoms with Crippen LogP contribution in [0, 0.1) is 0 Å². The Morgan fingerprint density at radius 2 is 2.16 bits per heavy atom. The molecule has 0 saturated heterocycles. The summed E-state index contributed by atoms with van der Waals surface area (Å²) >= 11 is 6.41. The average Bonchev–Trinajstić information content (AvgIpc) is 2.80. The number of hydrogen-bond acceptors (Lipinski definition) is 7. The molecule has 0 fully saturated rings. The minimum Gasteiger partial charge on any atom is -0.478 e. The van der Waals surface area contributed by atoms with Crippen molar-refractivity contribution in [2.75, 3.05) is 4.72 Å². The van der Waals surface area contributed by atoms with E-state index in [9.17, 15) is 13.2 Å². The van der Waals surface area contributed by atoms with Crippen molar-refractivity contribution in [2.24, 2.45) is 0 Å². The minimum atomic E-state index is -3.96. The van der Waals surface area contributed by atoms with Crippen LogP contribution in [0.4, 0.5) is 5.13 Å². The van der Waals surface area contributed by atoms with Crippen LogP contribution in [-0.2, 0) is 10.0 Å². The SMILES string of the molecule is O=C(O)c1cc(S(=O)(=O)Nc2nnns2)ccc1Cl. The van der Waals surface area contributed by atoms with Crippen molar-refractivity contribution in [1.29, 1.82) is 0 Å². The van der Waals surface area contributed by atoms with Gasteiger partial charge in [-0.15, -0.1) is 0 Å². The van der Waals surface area contributed by atoms with E-state index in [1.165, 1.54) is 12.1 Å². The first-order valence-electron chi connectivity index (χ1n) is 4.61. The van der Waals surface area contributed by atoms with Crippen LogP contribution >= 0.6 is 23.1 Å². The standard InChI is InChI=1S/C8H5ClN4O4S2/c9-6-2-1-4(3-5(6)7(14)15)19(16,17)11-8-10-12-13-18-8/h1-3H,(H,14,15)(H,10,11,13). The quantitative estimate of drug-likeness (QED) is 0.864. The number of aromatic nitrogens is 3. The smallest absolute Gasteiger partial charge is 0.337 e. The Kier molecular flexibility index (Phi) is 3.64. The van der Waals surface area contributed by atoms with E-state index < -0.39 is 16.0 Å². The van der Waals surface area contributed by atoms with E-state index in [0.717, 1.165) is 17.6 Å². The number of hydrogen-bond donors (Lipinski definition) is 2. The third-order valence-electron chi connectivity index (χ3n) is 2.00. The predicted molar refractivity (Wildman–Crippen MR) is 66.9 cm³/mol. The molecule has 2 N–H and O–H groups in total. The van der Waals surface area contributed by atoms with E-state index in [-0.39, 0.29) is 20.6 Å².